The lowest BCUT2D eigenvalue weighted by Gasteiger charge is -2.19. The van der Waals surface area contributed by atoms with Gasteiger partial charge >= 0.3 is 0 Å². The van der Waals surface area contributed by atoms with Gasteiger partial charge in [-0.1, -0.05) is 16.5 Å². The third-order valence-corrected chi connectivity index (χ3v) is 4.61. The fourth-order valence-corrected chi connectivity index (χ4v) is 2.58. The van der Waals surface area contributed by atoms with Gasteiger partial charge in [-0.05, 0) is 45.0 Å². The van der Waals surface area contributed by atoms with Crippen molar-refractivity contribution in [2.24, 2.45) is 4.40 Å². The Hall–Kier alpha value is -2.36. The monoisotopic (exact) mass is 341 g/mol. The van der Waals surface area contributed by atoms with Crippen LogP contribution in [0.2, 0.25) is 0 Å². The van der Waals surface area contributed by atoms with Gasteiger partial charge in [0, 0.05) is 17.3 Å². The normalized spacial score (nSPS) is 13.2. The van der Waals surface area contributed by atoms with Gasteiger partial charge in [-0.2, -0.15) is 5.26 Å². The van der Waals surface area contributed by atoms with Crippen LogP contribution >= 0.6 is 0 Å². The molecule has 0 spiro atoms. The maximum absolute atomic E-state index is 12.6. The molecule has 0 aliphatic heterocycles. The molecule has 1 atom stereocenters. The molecule has 1 aromatic carbocycles. The minimum absolute atomic E-state index is 0.241. The molecule has 24 heavy (non-hydrogen) atoms. The first-order valence-electron chi connectivity index (χ1n) is 7.37. The Balaban J connectivity index is 2.66. The number of pyridine rings is 1. The van der Waals surface area contributed by atoms with Crippen molar-refractivity contribution in [1.29, 1.82) is 5.26 Å². The van der Waals surface area contributed by atoms with Crippen LogP contribution < -0.4 is 4.74 Å². The van der Waals surface area contributed by atoms with Crippen LogP contribution in [0.15, 0.2) is 47.0 Å². The summed E-state index contributed by atoms with van der Waals surface area (Å²) in [5.41, 5.74) is 1.97. The molecule has 0 aliphatic rings. The summed E-state index contributed by atoms with van der Waals surface area (Å²) in [7, 11) is 1.58. The van der Waals surface area contributed by atoms with E-state index in [-0.39, 0.29) is 5.69 Å². The number of aromatic nitrogens is 1. The SMILES string of the molecule is COc1cccc(/C(=N\[S+]([O-])C(C)(C)C)c2cccnc2C#N)c1. The quantitative estimate of drug-likeness (QED) is 0.631. The van der Waals surface area contributed by atoms with Crippen molar-refractivity contribution in [2.75, 3.05) is 7.11 Å². The van der Waals surface area contributed by atoms with Crippen molar-refractivity contribution in [1.82, 2.24) is 4.98 Å². The van der Waals surface area contributed by atoms with E-state index < -0.39 is 16.1 Å². The summed E-state index contributed by atoms with van der Waals surface area (Å²) >= 11 is -1.48. The Kier molecular flexibility index (Phi) is 5.60. The van der Waals surface area contributed by atoms with Gasteiger partial charge in [0.1, 0.15) is 39.3 Å². The second-order valence-electron chi connectivity index (χ2n) is 6.04. The van der Waals surface area contributed by atoms with E-state index in [1.54, 1.807) is 31.5 Å². The number of nitrogens with zero attached hydrogens (tertiary/aromatic N) is 3. The summed E-state index contributed by atoms with van der Waals surface area (Å²) in [6, 6.07) is 12.8. The Morgan fingerprint density at radius 2 is 2.04 bits per heavy atom. The van der Waals surface area contributed by atoms with Crippen molar-refractivity contribution in [3.63, 3.8) is 0 Å². The minimum Gasteiger partial charge on any atom is -0.591 e. The molecule has 0 bridgehead atoms. The predicted octanol–water partition coefficient (Wildman–Crippen LogP) is 3.26. The van der Waals surface area contributed by atoms with Crippen LogP contribution in [0.4, 0.5) is 0 Å². The molecule has 1 unspecified atom stereocenters. The molecule has 1 heterocycles. The number of ether oxygens (including phenoxy) is 1. The van der Waals surface area contributed by atoms with Crippen molar-refractivity contribution in [2.45, 2.75) is 25.5 Å². The Morgan fingerprint density at radius 3 is 2.67 bits per heavy atom. The van der Waals surface area contributed by atoms with Crippen LogP contribution in [0.3, 0.4) is 0 Å². The van der Waals surface area contributed by atoms with Crippen molar-refractivity contribution in [3.8, 4) is 11.8 Å². The number of hydrogen-bond acceptors (Lipinski definition) is 5. The molecule has 1 aromatic heterocycles. The molecule has 0 saturated heterocycles. The standard InChI is InChI=1S/C18H19N3O2S/c1-18(2,3)24(22)21-17(13-7-5-8-14(11-13)23-4)15-9-6-10-20-16(15)12-19/h5-11H,1-4H3/b21-17+. The van der Waals surface area contributed by atoms with Crippen molar-refractivity contribution < 1.29 is 9.29 Å². The molecule has 0 saturated carbocycles. The average Bonchev–Trinajstić information content (AvgIpc) is 2.58. The van der Waals surface area contributed by atoms with Crippen LogP contribution in [-0.2, 0) is 11.4 Å². The van der Waals surface area contributed by atoms with E-state index in [4.69, 9.17) is 4.74 Å². The zero-order chi connectivity index (χ0) is 17.7. The largest absolute Gasteiger partial charge is 0.591 e. The zero-order valence-corrected chi connectivity index (χ0v) is 14.9. The molecule has 2 aromatic rings. The van der Waals surface area contributed by atoms with Crippen LogP contribution in [0.5, 0.6) is 5.75 Å². The van der Waals surface area contributed by atoms with E-state index >= 15 is 0 Å². The third-order valence-electron chi connectivity index (χ3n) is 3.21. The van der Waals surface area contributed by atoms with Crippen LogP contribution in [0.25, 0.3) is 0 Å². The highest BCUT2D eigenvalue weighted by Crippen LogP contribution is 2.23. The maximum Gasteiger partial charge on any atom is 0.150 e. The summed E-state index contributed by atoms with van der Waals surface area (Å²) in [5.74, 6) is 0.657. The van der Waals surface area contributed by atoms with E-state index in [1.807, 2.05) is 39.0 Å². The van der Waals surface area contributed by atoms with Gasteiger partial charge < -0.3 is 9.29 Å². The molecule has 0 aliphatic carbocycles. The average molecular weight is 341 g/mol. The zero-order valence-electron chi connectivity index (χ0n) is 14.1. The molecular weight excluding hydrogens is 322 g/mol. The summed E-state index contributed by atoms with van der Waals surface area (Å²) in [5, 5.41) is 9.34. The first-order chi connectivity index (χ1) is 11.4. The predicted molar refractivity (Wildman–Crippen MR) is 95.5 cm³/mol. The Bertz CT molecular complexity index is 791. The maximum atomic E-state index is 12.6. The highest BCUT2D eigenvalue weighted by atomic mass is 32.2. The molecule has 0 radical (unpaired) electrons. The lowest BCUT2D eigenvalue weighted by molar-refractivity contribution is 0.414. The van der Waals surface area contributed by atoms with Gasteiger partial charge in [0.2, 0.25) is 0 Å². The number of methoxy groups -OCH3 is 1. The van der Waals surface area contributed by atoms with Gasteiger partial charge in [-0.3, -0.25) is 0 Å². The molecule has 0 N–H and O–H groups in total. The van der Waals surface area contributed by atoms with Gasteiger partial charge in [0.05, 0.1) is 7.11 Å². The van der Waals surface area contributed by atoms with E-state index in [0.29, 0.717) is 17.0 Å². The number of hydrogen-bond donors (Lipinski definition) is 0. The van der Waals surface area contributed by atoms with E-state index in [9.17, 15) is 9.81 Å². The van der Waals surface area contributed by atoms with E-state index in [2.05, 4.69) is 15.5 Å². The van der Waals surface area contributed by atoms with Crippen molar-refractivity contribution in [3.05, 3.63) is 59.4 Å². The van der Waals surface area contributed by atoms with Crippen LogP contribution in [0, 0.1) is 11.3 Å². The smallest absolute Gasteiger partial charge is 0.150 e. The van der Waals surface area contributed by atoms with E-state index in [0.717, 1.165) is 5.56 Å². The molecular formula is C18H19N3O2S. The lowest BCUT2D eigenvalue weighted by Crippen LogP contribution is -2.27. The molecule has 5 nitrogen and oxygen atoms in total. The summed E-state index contributed by atoms with van der Waals surface area (Å²) in [4.78, 5) is 4.08. The van der Waals surface area contributed by atoms with Crippen LogP contribution in [-0.4, -0.2) is 27.1 Å². The van der Waals surface area contributed by atoms with Gasteiger partial charge in [0.25, 0.3) is 0 Å². The number of rotatable bonds is 4. The summed E-state index contributed by atoms with van der Waals surface area (Å²) < 4.78 is 21.7. The molecule has 124 valence electrons. The summed E-state index contributed by atoms with van der Waals surface area (Å²) in [6.45, 7) is 5.55. The highest BCUT2D eigenvalue weighted by molar-refractivity contribution is 7.91. The van der Waals surface area contributed by atoms with Crippen molar-refractivity contribution >= 4 is 17.1 Å². The Labute approximate surface area is 145 Å². The molecule has 0 fully saturated rings. The second kappa shape index (κ2) is 7.47. The Morgan fingerprint density at radius 1 is 1.29 bits per heavy atom. The molecule has 2 rings (SSSR count). The number of benzene rings is 1. The van der Waals surface area contributed by atoms with E-state index in [1.165, 1.54) is 0 Å². The molecule has 6 heteroatoms. The van der Waals surface area contributed by atoms with Crippen LogP contribution in [0.1, 0.15) is 37.6 Å². The second-order valence-corrected chi connectivity index (χ2v) is 7.95. The fourth-order valence-electron chi connectivity index (χ4n) is 1.93. The number of nitriles is 1. The van der Waals surface area contributed by atoms with Gasteiger partial charge in [0.15, 0.2) is 0 Å². The highest BCUT2D eigenvalue weighted by Gasteiger charge is 2.28. The minimum atomic E-state index is -1.48. The first kappa shape index (κ1) is 18.0. The third kappa shape index (κ3) is 4.13. The fraction of sp³-hybridized carbons (Fsp3) is 0.278. The lowest BCUT2D eigenvalue weighted by atomic mass is 10.0. The molecule has 0 amide bonds. The topological polar surface area (TPSA) is 81.3 Å². The first-order valence-corrected chi connectivity index (χ1v) is 8.48. The van der Waals surface area contributed by atoms with Gasteiger partial charge in [-0.15, -0.1) is 0 Å². The summed E-state index contributed by atoms with van der Waals surface area (Å²) in [6.07, 6.45) is 1.55. The van der Waals surface area contributed by atoms with Gasteiger partial charge in [-0.25, -0.2) is 4.98 Å².